The molecule has 2 nitrogen and oxygen atoms in total. The van der Waals surface area contributed by atoms with Gasteiger partial charge in [0.05, 0.1) is 7.11 Å². The number of methoxy groups -OCH3 is 1. The second kappa shape index (κ2) is 8.05. The summed E-state index contributed by atoms with van der Waals surface area (Å²) in [5.74, 6) is 2.94. The van der Waals surface area contributed by atoms with Crippen LogP contribution in [-0.4, -0.2) is 20.2 Å². The van der Waals surface area contributed by atoms with E-state index in [2.05, 4.69) is 25.2 Å². The van der Waals surface area contributed by atoms with E-state index in [1.807, 2.05) is 12.1 Å². The standard InChI is InChI=1S/C18H28ClNO/c1-13(2)11-20-12-14-6-4-5-7-16(14)17-10-15(19)8-9-18(17)21-3/h8-10,13-14,16,20H,4-7,11-12H2,1-3H3. The van der Waals surface area contributed by atoms with Crippen molar-refractivity contribution in [3.8, 4) is 5.75 Å². The maximum atomic E-state index is 6.22. The van der Waals surface area contributed by atoms with Crippen molar-refractivity contribution in [3.05, 3.63) is 28.8 Å². The molecule has 0 saturated heterocycles. The lowest BCUT2D eigenvalue weighted by Gasteiger charge is -2.33. The minimum Gasteiger partial charge on any atom is -0.496 e. The first-order valence-corrected chi connectivity index (χ1v) is 8.53. The van der Waals surface area contributed by atoms with Crippen LogP contribution in [-0.2, 0) is 0 Å². The lowest BCUT2D eigenvalue weighted by molar-refractivity contribution is 0.285. The molecule has 0 bridgehead atoms. The molecule has 0 radical (unpaired) electrons. The normalized spacial score (nSPS) is 22.5. The molecule has 1 aromatic carbocycles. The van der Waals surface area contributed by atoms with Gasteiger partial charge in [0, 0.05) is 5.02 Å². The molecule has 2 rings (SSSR count). The molecule has 1 N–H and O–H groups in total. The van der Waals surface area contributed by atoms with E-state index in [0.717, 1.165) is 23.9 Å². The monoisotopic (exact) mass is 309 g/mol. The molecule has 0 aliphatic heterocycles. The number of ether oxygens (including phenoxy) is 1. The van der Waals surface area contributed by atoms with Crippen molar-refractivity contribution in [2.45, 2.75) is 45.4 Å². The Bertz CT molecular complexity index is 447. The van der Waals surface area contributed by atoms with Gasteiger partial charge in [-0.3, -0.25) is 0 Å². The van der Waals surface area contributed by atoms with Crippen LogP contribution in [0.1, 0.15) is 51.0 Å². The SMILES string of the molecule is COc1ccc(Cl)cc1C1CCCCC1CNCC(C)C. The van der Waals surface area contributed by atoms with Crippen LogP contribution in [0.25, 0.3) is 0 Å². The fourth-order valence-electron chi connectivity index (χ4n) is 3.41. The first-order valence-electron chi connectivity index (χ1n) is 8.16. The van der Waals surface area contributed by atoms with Crippen LogP contribution in [0.5, 0.6) is 5.75 Å². The molecular formula is C18H28ClNO. The van der Waals surface area contributed by atoms with Crippen LogP contribution in [0.4, 0.5) is 0 Å². The summed E-state index contributed by atoms with van der Waals surface area (Å²) in [5.41, 5.74) is 1.29. The van der Waals surface area contributed by atoms with Crippen molar-refractivity contribution in [2.24, 2.45) is 11.8 Å². The highest BCUT2D eigenvalue weighted by atomic mass is 35.5. The molecule has 0 spiro atoms. The van der Waals surface area contributed by atoms with E-state index >= 15 is 0 Å². The third-order valence-corrected chi connectivity index (χ3v) is 4.69. The Morgan fingerprint density at radius 3 is 2.76 bits per heavy atom. The maximum Gasteiger partial charge on any atom is 0.122 e. The number of benzene rings is 1. The smallest absolute Gasteiger partial charge is 0.122 e. The topological polar surface area (TPSA) is 21.3 Å². The fraction of sp³-hybridized carbons (Fsp3) is 0.667. The zero-order chi connectivity index (χ0) is 15.2. The van der Waals surface area contributed by atoms with Gasteiger partial charge in [-0.2, -0.15) is 0 Å². The molecule has 1 aliphatic rings. The molecule has 21 heavy (non-hydrogen) atoms. The Hall–Kier alpha value is -0.730. The Kier molecular flexibility index (Phi) is 6.38. The largest absolute Gasteiger partial charge is 0.496 e. The van der Waals surface area contributed by atoms with Crippen LogP contribution >= 0.6 is 11.6 Å². The molecule has 0 amide bonds. The van der Waals surface area contributed by atoms with E-state index in [1.165, 1.54) is 31.2 Å². The van der Waals surface area contributed by atoms with Gasteiger partial charge in [0.15, 0.2) is 0 Å². The van der Waals surface area contributed by atoms with Gasteiger partial charge in [-0.1, -0.05) is 38.3 Å². The Labute approximate surface area is 134 Å². The lowest BCUT2D eigenvalue weighted by atomic mass is 9.75. The quantitative estimate of drug-likeness (QED) is 0.809. The number of nitrogens with one attached hydrogen (secondary N) is 1. The van der Waals surface area contributed by atoms with Crippen molar-refractivity contribution in [1.29, 1.82) is 0 Å². The third-order valence-electron chi connectivity index (χ3n) is 4.46. The number of rotatable bonds is 6. The predicted molar refractivity (Wildman–Crippen MR) is 90.4 cm³/mol. The molecule has 118 valence electrons. The van der Waals surface area contributed by atoms with Crippen LogP contribution < -0.4 is 10.1 Å². The summed E-state index contributed by atoms with van der Waals surface area (Å²) in [5, 5.41) is 4.44. The van der Waals surface area contributed by atoms with E-state index in [4.69, 9.17) is 16.3 Å². The molecule has 1 aliphatic carbocycles. The van der Waals surface area contributed by atoms with E-state index in [0.29, 0.717) is 17.8 Å². The number of hydrogen-bond acceptors (Lipinski definition) is 2. The highest BCUT2D eigenvalue weighted by Gasteiger charge is 2.28. The first-order chi connectivity index (χ1) is 10.1. The van der Waals surface area contributed by atoms with Gasteiger partial charge >= 0.3 is 0 Å². The summed E-state index contributed by atoms with van der Waals surface area (Å²) in [6.45, 7) is 6.70. The zero-order valence-electron chi connectivity index (χ0n) is 13.5. The maximum absolute atomic E-state index is 6.22. The van der Waals surface area contributed by atoms with Gasteiger partial charge in [0.2, 0.25) is 0 Å². The minimum absolute atomic E-state index is 0.562. The second-order valence-corrected chi connectivity index (χ2v) is 7.03. The Morgan fingerprint density at radius 1 is 1.29 bits per heavy atom. The highest BCUT2D eigenvalue weighted by Crippen LogP contribution is 2.42. The summed E-state index contributed by atoms with van der Waals surface area (Å²) in [4.78, 5) is 0. The minimum atomic E-state index is 0.562. The average Bonchev–Trinajstić information content (AvgIpc) is 2.47. The van der Waals surface area contributed by atoms with E-state index in [-0.39, 0.29) is 0 Å². The Balaban J connectivity index is 2.12. The summed E-state index contributed by atoms with van der Waals surface area (Å²) >= 11 is 6.22. The molecule has 0 aromatic heterocycles. The van der Waals surface area contributed by atoms with Crippen molar-refractivity contribution in [1.82, 2.24) is 5.32 Å². The van der Waals surface area contributed by atoms with Crippen LogP contribution in [0.3, 0.4) is 0 Å². The number of hydrogen-bond donors (Lipinski definition) is 1. The van der Waals surface area contributed by atoms with Crippen LogP contribution in [0.15, 0.2) is 18.2 Å². The highest BCUT2D eigenvalue weighted by molar-refractivity contribution is 6.30. The van der Waals surface area contributed by atoms with Gasteiger partial charge < -0.3 is 10.1 Å². The molecule has 1 saturated carbocycles. The molecule has 2 unspecified atom stereocenters. The van der Waals surface area contributed by atoms with E-state index < -0.39 is 0 Å². The molecule has 3 heteroatoms. The molecule has 0 heterocycles. The van der Waals surface area contributed by atoms with E-state index in [9.17, 15) is 0 Å². The third kappa shape index (κ3) is 4.62. The van der Waals surface area contributed by atoms with Crippen molar-refractivity contribution < 1.29 is 4.74 Å². The summed E-state index contributed by atoms with van der Waals surface area (Å²) < 4.78 is 5.57. The fourth-order valence-corrected chi connectivity index (χ4v) is 3.59. The summed E-state index contributed by atoms with van der Waals surface area (Å²) in [6.07, 6.45) is 5.19. The second-order valence-electron chi connectivity index (χ2n) is 6.59. The average molecular weight is 310 g/mol. The first kappa shape index (κ1) is 16.6. The molecule has 1 aromatic rings. The van der Waals surface area contributed by atoms with E-state index in [1.54, 1.807) is 7.11 Å². The van der Waals surface area contributed by atoms with Crippen LogP contribution in [0, 0.1) is 11.8 Å². The van der Waals surface area contributed by atoms with Crippen molar-refractivity contribution >= 4 is 11.6 Å². The van der Waals surface area contributed by atoms with Gasteiger partial charge in [-0.25, -0.2) is 0 Å². The molecular weight excluding hydrogens is 282 g/mol. The van der Waals surface area contributed by atoms with Crippen molar-refractivity contribution in [2.75, 3.05) is 20.2 Å². The lowest BCUT2D eigenvalue weighted by Crippen LogP contribution is -2.31. The molecule has 2 atom stereocenters. The molecule has 1 fully saturated rings. The number of halogens is 1. The summed E-state index contributed by atoms with van der Waals surface area (Å²) in [7, 11) is 1.75. The van der Waals surface area contributed by atoms with Crippen molar-refractivity contribution in [3.63, 3.8) is 0 Å². The Morgan fingerprint density at radius 2 is 2.05 bits per heavy atom. The van der Waals surface area contributed by atoms with Gasteiger partial charge in [0.1, 0.15) is 5.75 Å². The van der Waals surface area contributed by atoms with Gasteiger partial charge in [-0.15, -0.1) is 0 Å². The summed E-state index contributed by atoms with van der Waals surface area (Å²) in [6, 6.07) is 6.02. The van der Waals surface area contributed by atoms with Gasteiger partial charge in [0.25, 0.3) is 0 Å². The van der Waals surface area contributed by atoms with Crippen LogP contribution in [0.2, 0.25) is 5.02 Å². The predicted octanol–water partition coefficient (Wildman–Crippen LogP) is 4.87. The van der Waals surface area contributed by atoms with Gasteiger partial charge in [-0.05, 0) is 67.4 Å². The zero-order valence-corrected chi connectivity index (χ0v) is 14.2.